The first-order valence-electron chi connectivity index (χ1n) is 6.25. The molecule has 2 heterocycles. The van der Waals surface area contributed by atoms with Crippen molar-refractivity contribution in [2.24, 2.45) is 0 Å². The summed E-state index contributed by atoms with van der Waals surface area (Å²) in [7, 11) is -2.89. The Labute approximate surface area is 126 Å². The van der Waals surface area contributed by atoms with Gasteiger partial charge in [-0.05, 0) is 28.8 Å². The van der Waals surface area contributed by atoms with Crippen molar-refractivity contribution < 1.29 is 18.3 Å². The third-order valence-electron chi connectivity index (χ3n) is 3.06. The number of amides is 1. The van der Waals surface area contributed by atoms with Gasteiger partial charge in [0.05, 0.1) is 23.4 Å². The van der Waals surface area contributed by atoms with Crippen LogP contribution < -0.4 is 5.32 Å². The molecule has 20 heavy (non-hydrogen) atoms. The number of carbonyl (C=O) groups excluding carboxylic acids is 1. The molecule has 0 bridgehead atoms. The Morgan fingerprint density at radius 2 is 2.40 bits per heavy atom. The molecule has 0 saturated carbocycles. The van der Waals surface area contributed by atoms with E-state index in [0.29, 0.717) is 6.42 Å². The van der Waals surface area contributed by atoms with E-state index >= 15 is 0 Å². The van der Waals surface area contributed by atoms with E-state index in [0.717, 1.165) is 5.56 Å². The Kier molecular flexibility index (Phi) is 5.48. The molecule has 1 aromatic heterocycles. The highest BCUT2D eigenvalue weighted by molar-refractivity contribution is 8.02. The molecule has 1 saturated heterocycles. The number of sulfone groups is 1. The maximum absolute atomic E-state index is 11.6. The zero-order valence-electron chi connectivity index (χ0n) is 10.8. The second-order valence-electron chi connectivity index (χ2n) is 4.71. The van der Waals surface area contributed by atoms with Gasteiger partial charge in [-0.25, -0.2) is 8.42 Å². The van der Waals surface area contributed by atoms with Gasteiger partial charge >= 0.3 is 0 Å². The van der Waals surface area contributed by atoms with Gasteiger partial charge in [0.1, 0.15) is 0 Å². The molecule has 0 spiro atoms. The number of rotatable bonds is 6. The summed E-state index contributed by atoms with van der Waals surface area (Å²) in [5, 5.41) is 16.2. The number of hydrogen-bond acceptors (Lipinski definition) is 6. The van der Waals surface area contributed by atoms with E-state index in [1.807, 2.05) is 16.8 Å². The highest BCUT2D eigenvalue weighted by atomic mass is 32.2. The number of thioether (sulfide) groups is 1. The van der Waals surface area contributed by atoms with E-state index in [-0.39, 0.29) is 35.0 Å². The molecule has 1 aliphatic heterocycles. The zero-order chi connectivity index (χ0) is 14.6. The smallest absolute Gasteiger partial charge is 0.230 e. The molecule has 0 aliphatic carbocycles. The van der Waals surface area contributed by atoms with Gasteiger partial charge in [-0.2, -0.15) is 11.3 Å². The average Bonchev–Trinajstić information content (AvgIpc) is 3.03. The third-order valence-corrected chi connectivity index (χ3v) is 7.04. The van der Waals surface area contributed by atoms with Gasteiger partial charge in [-0.15, -0.1) is 11.8 Å². The largest absolute Gasteiger partial charge is 0.387 e. The normalized spacial score (nSPS) is 22.6. The molecule has 8 heteroatoms. The topological polar surface area (TPSA) is 83.5 Å². The van der Waals surface area contributed by atoms with Crippen LogP contribution in [0.5, 0.6) is 0 Å². The number of aliphatic hydroxyl groups is 1. The summed E-state index contributed by atoms with van der Waals surface area (Å²) < 4.78 is 22.6. The minimum Gasteiger partial charge on any atom is -0.387 e. The maximum Gasteiger partial charge on any atom is 0.230 e. The molecule has 1 aromatic rings. The molecule has 1 fully saturated rings. The van der Waals surface area contributed by atoms with Crippen LogP contribution in [0.15, 0.2) is 16.8 Å². The Morgan fingerprint density at radius 1 is 1.60 bits per heavy atom. The van der Waals surface area contributed by atoms with Gasteiger partial charge in [-0.1, -0.05) is 0 Å². The average molecular weight is 335 g/mol. The van der Waals surface area contributed by atoms with Crippen LogP contribution >= 0.6 is 23.1 Å². The van der Waals surface area contributed by atoms with E-state index in [1.54, 1.807) is 0 Å². The van der Waals surface area contributed by atoms with Crippen molar-refractivity contribution in [3.05, 3.63) is 22.4 Å². The minimum atomic E-state index is -2.89. The van der Waals surface area contributed by atoms with Crippen LogP contribution in [0.3, 0.4) is 0 Å². The van der Waals surface area contributed by atoms with Crippen molar-refractivity contribution in [3.63, 3.8) is 0 Å². The SMILES string of the molecule is O=C(CSC1CCS(=O)(=O)C1)NCC(O)c1ccsc1. The molecule has 2 N–H and O–H groups in total. The summed E-state index contributed by atoms with van der Waals surface area (Å²) in [6.07, 6.45) is -0.0697. The number of nitrogens with one attached hydrogen (secondary N) is 1. The van der Waals surface area contributed by atoms with Crippen molar-refractivity contribution in [3.8, 4) is 0 Å². The standard InChI is InChI=1S/C12H17NO4S3/c14-11(9-1-3-18-6-9)5-13-12(15)7-19-10-2-4-20(16,17)8-10/h1,3,6,10-11,14H,2,4-5,7-8H2,(H,13,15). The van der Waals surface area contributed by atoms with Crippen molar-refractivity contribution in [2.75, 3.05) is 23.8 Å². The molecule has 2 unspecified atom stereocenters. The van der Waals surface area contributed by atoms with Crippen LogP contribution in [-0.4, -0.2) is 48.5 Å². The zero-order valence-corrected chi connectivity index (χ0v) is 13.3. The fourth-order valence-corrected chi connectivity index (χ4v) is 6.11. The lowest BCUT2D eigenvalue weighted by Gasteiger charge is -2.11. The molecule has 0 radical (unpaired) electrons. The molecule has 1 amide bonds. The van der Waals surface area contributed by atoms with Gasteiger partial charge in [0.15, 0.2) is 9.84 Å². The molecule has 112 valence electrons. The first-order chi connectivity index (χ1) is 9.46. The first-order valence-corrected chi connectivity index (χ1v) is 10.1. The second kappa shape index (κ2) is 6.93. The van der Waals surface area contributed by atoms with Crippen molar-refractivity contribution >= 4 is 38.8 Å². The van der Waals surface area contributed by atoms with Gasteiger partial charge in [-0.3, -0.25) is 4.79 Å². The minimum absolute atomic E-state index is 0.0209. The molecular formula is C12H17NO4S3. The van der Waals surface area contributed by atoms with E-state index in [2.05, 4.69) is 5.32 Å². The number of hydrogen-bond donors (Lipinski definition) is 2. The highest BCUT2D eigenvalue weighted by Crippen LogP contribution is 2.24. The molecule has 2 atom stereocenters. The van der Waals surface area contributed by atoms with Crippen molar-refractivity contribution in [1.82, 2.24) is 5.32 Å². The van der Waals surface area contributed by atoms with Gasteiger partial charge in [0.2, 0.25) is 5.91 Å². The number of carbonyl (C=O) groups is 1. The van der Waals surface area contributed by atoms with Crippen LogP contribution in [0.1, 0.15) is 18.1 Å². The van der Waals surface area contributed by atoms with Gasteiger partial charge in [0, 0.05) is 11.8 Å². The Hall–Kier alpha value is -0.570. The summed E-state index contributed by atoms with van der Waals surface area (Å²) in [5.41, 5.74) is 0.796. The van der Waals surface area contributed by atoms with Crippen LogP contribution in [-0.2, 0) is 14.6 Å². The molecule has 1 aliphatic rings. The van der Waals surface area contributed by atoms with E-state index in [4.69, 9.17) is 0 Å². The summed E-state index contributed by atoms with van der Waals surface area (Å²) in [6.45, 7) is 0.180. The highest BCUT2D eigenvalue weighted by Gasteiger charge is 2.28. The third kappa shape index (κ3) is 4.76. The maximum atomic E-state index is 11.6. The molecule has 5 nitrogen and oxygen atoms in total. The molecular weight excluding hydrogens is 318 g/mol. The van der Waals surface area contributed by atoms with Gasteiger partial charge in [0.25, 0.3) is 0 Å². The van der Waals surface area contributed by atoms with Crippen LogP contribution in [0.4, 0.5) is 0 Å². The van der Waals surface area contributed by atoms with Crippen LogP contribution in [0, 0.1) is 0 Å². The molecule has 0 aromatic carbocycles. The predicted octanol–water partition coefficient (Wildman–Crippen LogP) is 0.818. The summed E-state index contributed by atoms with van der Waals surface area (Å²) >= 11 is 2.87. The number of aliphatic hydroxyl groups excluding tert-OH is 1. The fraction of sp³-hybridized carbons (Fsp3) is 0.583. The quantitative estimate of drug-likeness (QED) is 0.804. The predicted molar refractivity (Wildman–Crippen MR) is 81.8 cm³/mol. The van der Waals surface area contributed by atoms with Gasteiger partial charge < -0.3 is 10.4 Å². The van der Waals surface area contributed by atoms with Crippen molar-refractivity contribution in [1.29, 1.82) is 0 Å². The van der Waals surface area contributed by atoms with E-state index in [1.165, 1.54) is 23.1 Å². The summed E-state index contributed by atoms with van der Waals surface area (Å²) in [4.78, 5) is 11.6. The Bertz CT molecular complexity index is 541. The number of thiophene rings is 1. The van der Waals surface area contributed by atoms with Crippen molar-refractivity contribution in [2.45, 2.75) is 17.8 Å². The monoisotopic (exact) mass is 335 g/mol. The lowest BCUT2D eigenvalue weighted by molar-refractivity contribution is -0.119. The van der Waals surface area contributed by atoms with Crippen LogP contribution in [0.25, 0.3) is 0 Å². The molecule has 2 rings (SSSR count). The lowest BCUT2D eigenvalue weighted by atomic mass is 10.2. The first kappa shape index (κ1) is 15.8. The van der Waals surface area contributed by atoms with Crippen LogP contribution in [0.2, 0.25) is 0 Å². The lowest BCUT2D eigenvalue weighted by Crippen LogP contribution is -2.30. The second-order valence-corrected chi connectivity index (χ2v) is 9.01. The summed E-state index contributed by atoms with van der Waals surface area (Å²) in [6, 6.07) is 1.82. The van der Waals surface area contributed by atoms with E-state index < -0.39 is 15.9 Å². The summed E-state index contributed by atoms with van der Waals surface area (Å²) in [5.74, 6) is 0.455. The fourth-order valence-electron chi connectivity index (χ4n) is 1.93. The van der Waals surface area contributed by atoms with E-state index in [9.17, 15) is 18.3 Å². The Morgan fingerprint density at radius 3 is 3.00 bits per heavy atom. The Balaban J connectivity index is 1.66.